The van der Waals surface area contributed by atoms with Crippen LogP contribution < -0.4 is 0 Å². The van der Waals surface area contributed by atoms with Gasteiger partial charge in [0.25, 0.3) is 5.91 Å². The highest BCUT2D eigenvalue weighted by Gasteiger charge is 2.22. The van der Waals surface area contributed by atoms with Gasteiger partial charge in [-0.1, -0.05) is 19.3 Å². The number of nitrogens with zero attached hydrogens (tertiary/aromatic N) is 1. The molecule has 5 nitrogen and oxygen atoms in total. The van der Waals surface area contributed by atoms with Crippen molar-refractivity contribution in [3.05, 3.63) is 35.6 Å². The fraction of sp³-hybridized carbons (Fsp3) is 0.526. The lowest BCUT2D eigenvalue weighted by atomic mass is 9.94. The number of esters is 1. The van der Waals surface area contributed by atoms with Gasteiger partial charge >= 0.3 is 5.97 Å². The maximum atomic E-state index is 12.8. The van der Waals surface area contributed by atoms with Crippen LogP contribution in [-0.2, 0) is 14.3 Å². The van der Waals surface area contributed by atoms with Crippen molar-refractivity contribution in [1.82, 2.24) is 4.90 Å². The molecule has 2 rings (SSSR count). The van der Waals surface area contributed by atoms with E-state index in [0.29, 0.717) is 5.56 Å². The van der Waals surface area contributed by atoms with Gasteiger partial charge in [-0.25, -0.2) is 4.39 Å². The molecule has 1 aromatic carbocycles. The molecule has 0 atom stereocenters. The molecule has 0 heterocycles. The lowest BCUT2D eigenvalue weighted by molar-refractivity contribution is -0.152. The number of hydrogen-bond donors (Lipinski definition) is 0. The van der Waals surface area contributed by atoms with E-state index in [-0.39, 0.29) is 37.2 Å². The van der Waals surface area contributed by atoms with Crippen molar-refractivity contribution in [3.63, 3.8) is 0 Å². The van der Waals surface area contributed by atoms with Crippen LogP contribution in [-0.4, -0.2) is 42.3 Å². The van der Waals surface area contributed by atoms with E-state index in [1.54, 1.807) is 11.9 Å². The first-order valence-corrected chi connectivity index (χ1v) is 8.67. The number of benzene rings is 1. The first-order valence-electron chi connectivity index (χ1n) is 8.67. The van der Waals surface area contributed by atoms with Crippen LogP contribution in [0.2, 0.25) is 0 Å². The Morgan fingerprint density at radius 3 is 2.36 bits per heavy atom. The van der Waals surface area contributed by atoms with Gasteiger partial charge in [-0.15, -0.1) is 0 Å². The number of carbonyl (C=O) groups excluding carboxylic acids is 3. The van der Waals surface area contributed by atoms with Crippen molar-refractivity contribution in [2.75, 3.05) is 13.7 Å². The molecule has 1 aliphatic carbocycles. The van der Waals surface area contributed by atoms with Crippen LogP contribution in [0.25, 0.3) is 0 Å². The van der Waals surface area contributed by atoms with E-state index in [9.17, 15) is 18.8 Å². The minimum atomic E-state index is -0.583. The zero-order valence-corrected chi connectivity index (χ0v) is 14.5. The number of ether oxygens (including phenoxy) is 1. The van der Waals surface area contributed by atoms with Gasteiger partial charge in [-0.05, 0) is 37.1 Å². The quantitative estimate of drug-likeness (QED) is 0.560. The second-order valence-electron chi connectivity index (χ2n) is 6.39. The van der Waals surface area contributed by atoms with Crippen LogP contribution >= 0.6 is 0 Å². The second kappa shape index (κ2) is 9.30. The third-order valence-corrected chi connectivity index (χ3v) is 4.59. The normalized spacial score (nSPS) is 14.8. The molecule has 0 spiro atoms. The number of rotatable bonds is 7. The Bertz CT molecular complexity index is 608. The third-order valence-electron chi connectivity index (χ3n) is 4.59. The first kappa shape index (κ1) is 19.1. The summed E-state index contributed by atoms with van der Waals surface area (Å²) in [6, 6.07) is 5.38. The Morgan fingerprint density at radius 1 is 1.08 bits per heavy atom. The van der Waals surface area contributed by atoms with Gasteiger partial charge in [-0.3, -0.25) is 14.4 Å². The molecule has 0 bridgehead atoms. The SMILES string of the molecule is CN(C(=O)COC(=O)CCC(=O)c1ccc(F)cc1)C1CCCCC1. The Kier molecular flexibility index (Phi) is 7.10. The van der Waals surface area contributed by atoms with Crippen molar-refractivity contribution in [1.29, 1.82) is 0 Å². The van der Waals surface area contributed by atoms with E-state index < -0.39 is 11.8 Å². The summed E-state index contributed by atoms with van der Waals surface area (Å²) in [5.74, 6) is -1.48. The van der Waals surface area contributed by atoms with Crippen molar-refractivity contribution in [3.8, 4) is 0 Å². The maximum Gasteiger partial charge on any atom is 0.306 e. The van der Waals surface area contributed by atoms with Crippen LogP contribution in [0.3, 0.4) is 0 Å². The molecule has 136 valence electrons. The molecule has 1 aromatic rings. The average Bonchev–Trinajstić information content (AvgIpc) is 2.64. The van der Waals surface area contributed by atoms with Crippen molar-refractivity contribution >= 4 is 17.7 Å². The van der Waals surface area contributed by atoms with Crippen LogP contribution in [0.5, 0.6) is 0 Å². The van der Waals surface area contributed by atoms with Crippen molar-refractivity contribution in [2.45, 2.75) is 51.0 Å². The van der Waals surface area contributed by atoms with Gasteiger partial charge in [0.2, 0.25) is 0 Å². The van der Waals surface area contributed by atoms with Crippen LogP contribution in [0, 0.1) is 5.82 Å². The molecular weight excluding hydrogens is 325 g/mol. The second-order valence-corrected chi connectivity index (χ2v) is 6.39. The molecule has 1 amide bonds. The van der Waals surface area contributed by atoms with Gasteiger partial charge < -0.3 is 9.64 Å². The molecule has 0 saturated heterocycles. The summed E-state index contributed by atoms with van der Waals surface area (Å²) in [6.07, 6.45) is 5.29. The Morgan fingerprint density at radius 2 is 1.72 bits per heavy atom. The van der Waals surface area contributed by atoms with E-state index in [2.05, 4.69) is 0 Å². The summed E-state index contributed by atoms with van der Waals surface area (Å²) in [6.45, 7) is -0.295. The summed E-state index contributed by atoms with van der Waals surface area (Å²) in [5.41, 5.74) is 0.349. The zero-order chi connectivity index (χ0) is 18.2. The Labute approximate surface area is 147 Å². The summed E-state index contributed by atoms with van der Waals surface area (Å²) in [5, 5.41) is 0. The Hall–Kier alpha value is -2.24. The number of amides is 1. The monoisotopic (exact) mass is 349 g/mol. The predicted molar refractivity (Wildman–Crippen MR) is 90.6 cm³/mol. The van der Waals surface area contributed by atoms with Crippen molar-refractivity contribution in [2.24, 2.45) is 0 Å². The molecule has 1 fully saturated rings. The van der Waals surface area contributed by atoms with Gasteiger partial charge in [0, 0.05) is 25.1 Å². The van der Waals surface area contributed by atoms with E-state index in [1.165, 1.54) is 30.7 Å². The van der Waals surface area contributed by atoms with Crippen LogP contribution in [0.1, 0.15) is 55.3 Å². The van der Waals surface area contributed by atoms with Gasteiger partial charge in [0.15, 0.2) is 12.4 Å². The fourth-order valence-corrected chi connectivity index (χ4v) is 2.98. The fourth-order valence-electron chi connectivity index (χ4n) is 2.98. The molecule has 0 radical (unpaired) electrons. The van der Waals surface area contributed by atoms with Crippen LogP contribution in [0.15, 0.2) is 24.3 Å². The van der Waals surface area contributed by atoms with Gasteiger partial charge in [-0.2, -0.15) is 0 Å². The average molecular weight is 349 g/mol. The van der Waals surface area contributed by atoms with E-state index in [4.69, 9.17) is 4.74 Å². The van der Waals surface area contributed by atoms with Gasteiger partial charge in [0.1, 0.15) is 5.82 Å². The highest BCUT2D eigenvalue weighted by Crippen LogP contribution is 2.21. The lowest BCUT2D eigenvalue weighted by Gasteiger charge is -2.31. The van der Waals surface area contributed by atoms with Crippen molar-refractivity contribution < 1.29 is 23.5 Å². The van der Waals surface area contributed by atoms with Gasteiger partial charge in [0.05, 0.1) is 6.42 Å². The highest BCUT2D eigenvalue weighted by molar-refractivity contribution is 5.97. The number of likely N-dealkylation sites (N-methyl/N-ethyl adjacent to an activating group) is 1. The molecule has 1 aliphatic rings. The van der Waals surface area contributed by atoms with E-state index in [1.807, 2.05) is 0 Å². The predicted octanol–water partition coefficient (Wildman–Crippen LogP) is 3.12. The topological polar surface area (TPSA) is 63.7 Å². The number of ketones is 1. The molecule has 0 aliphatic heterocycles. The summed E-state index contributed by atoms with van der Waals surface area (Å²) < 4.78 is 17.8. The largest absolute Gasteiger partial charge is 0.456 e. The molecular formula is C19H24FNO4. The Balaban J connectivity index is 1.70. The molecule has 1 saturated carbocycles. The summed E-state index contributed by atoms with van der Waals surface area (Å²) in [7, 11) is 1.74. The number of halogens is 1. The van der Waals surface area contributed by atoms with E-state index >= 15 is 0 Å². The molecule has 0 aromatic heterocycles. The summed E-state index contributed by atoms with van der Waals surface area (Å²) >= 11 is 0. The number of carbonyl (C=O) groups is 3. The zero-order valence-electron chi connectivity index (χ0n) is 14.5. The minimum absolute atomic E-state index is 0.0306. The number of hydrogen-bond acceptors (Lipinski definition) is 4. The summed E-state index contributed by atoms with van der Waals surface area (Å²) in [4.78, 5) is 37.4. The lowest BCUT2D eigenvalue weighted by Crippen LogP contribution is -2.40. The molecule has 0 unspecified atom stereocenters. The molecule has 0 N–H and O–H groups in total. The maximum absolute atomic E-state index is 12.8. The third kappa shape index (κ3) is 5.96. The molecule has 6 heteroatoms. The number of Topliss-reactive ketones (excluding diaryl/α,β-unsaturated/α-hetero) is 1. The molecule has 25 heavy (non-hydrogen) atoms. The smallest absolute Gasteiger partial charge is 0.306 e. The first-order chi connectivity index (χ1) is 12.0. The standard InChI is InChI=1S/C19H24FNO4/c1-21(16-5-3-2-4-6-16)18(23)13-25-19(24)12-11-17(22)14-7-9-15(20)10-8-14/h7-10,16H,2-6,11-13H2,1H3. The van der Waals surface area contributed by atoms with Crippen LogP contribution in [0.4, 0.5) is 4.39 Å². The highest BCUT2D eigenvalue weighted by atomic mass is 19.1. The minimum Gasteiger partial charge on any atom is -0.456 e. The van der Waals surface area contributed by atoms with E-state index in [0.717, 1.165) is 25.7 Å².